The number of pyridine rings is 1. The standard InChI is InChI=1S/C22H24N5.F6P/c1-26(2)20-12-9-18(10-13-20)8-11-19-14-17-27(16-5-15-24-25-23)22-7-4-3-6-21(19)22;1-7(2,3,4,5)6/h3-4,6-14,17H,5,15-16H2,1-2H3;/q+1;-1. The molecule has 3 rings (SSSR count). The van der Waals surface area contributed by atoms with Crippen molar-refractivity contribution in [2.45, 2.75) is 13.0 Å². The molecule has 2 aromatic carbocycles. The van der Waals surface area contributed by atoms with Crippen LogP contribution in [0.15, 0.2) is 65.9 Å². The maximum absolute atomic E-state index is 10.7. The molecule has 0 bridgehead atoms. The summed E-state index contributed by atoms with van der Waals surface area (Å²) in [5.74, 6) is 0. The number of benzene rings is 2. The average molecular weight is 503 g/mol. The summed E-state index contributed by atoms with van der Waals surface area (Å²) in [6.07, 6.45) is 7.24. The van der Waals surface area contributed by atoms with Crippen LogP contribution in [0, 0.1) is 0 Å². The molecule has 0 saturated heterocycles. The first-order valence-corrected chi connectivity index (χ1v) is 12.1. The van der Waals surface area contributed by atoms with Crippen molar-refractivity contribution in [3.8, 4) is 0 Å². The molecule has 0 aliphatic rings. The molecule has 0 spiro atoms. The van der Waals surface area contributed by atoms with Gasteiger partial charge in [0, 0.05) is 49.8 Å². The molecule has 0 unspecified atom stereocenters. The van der Waals surface area contributed by atoms with Gasteiger partial charge in [-0.3, -0.25) is 0 Å². The van der Waals surface area contributed by atoms with Crippen molar-refractivity contribution in [3.05, 3.63) is 82.4 Å². The van der Waals surface area contributed by atoms with E-state index < -0.39 is 7.81 Å². The van der Waals surface area contributed by atoms with E-state index >= 15 is 0 Å². The Morgan fingerprint density at radius 3 is 2.15 bits per heavy atom. The van der Waals surface area contributed by atoms with Crippen molar-refractivity contribution in [3.63, 3.8) is 0 Å². The number of azide groups is 1. The third-order valence-electron chi connectivity index (χ3n) is 4.54. The third-order valence-corrected chi connectivity index (χ3v) is 4.54. The van der Waals surface area contributed by atoms with E-state index in [4.69, 9.17) is 5.53 Å². The number of hydrogen-bond acceptors (Lipinski definition) is 2. The molecule has 5 nitrogen and oxygen atoms in total. The van der Waals surface area contributed by atoms with Crippen molar-refractivity contribution in [2.75, 3.05) is 25.5 Å². The minimum atomic E-state index is -10.7. The number of rotatable bonds is 7. The van der Waals surface area contributed by atoms with E-state index in [0.29, 0.717) is 6.54 Å². The molecule has 12 heteroatoms. The predicted molar refractivity (Wildman–Crippen MR) is 126 cm³/mol. The Bertz CT molecular complexity index is 1190. The fourth-order valence-electron chi connectivity index (χ4n) is 3.07. The van der Waals surface area contributed by atoms with Crippen LogP contribution in [-0.4, -0.2) is 20.6 Å². The molecule has 0 aliphatic heterocycles. The SMILES string of the molecule is CN(C)c1ccc(/C=C/c2cc[n+](CCCN=[N+]=[N-])c3ccccc23)cc1.F[P-](F)(F)(F)(F)F. The second-order valence-electron chi connectivity index (χ2n) is 7.57. The summed E-state index contributed by atoms with van der Waals surface area (Å²) in [4.78, 5) is 4.91. The Morgan fingerprint density at radius 1 is 0.941 bits per heavy atom. The summed E-state index contributed by atoms with van der Waals surface area (Å²) in [6, 6.07) is 19.1. The van der Waals surface area contributed by atoms with Gasteiger partial charge < -0.3 is 4.90 Å². The molecule has 1 heterocycles. The molecule has 0 amide bonds. The summed E-state index contributed by atoms with van der Waals surface area (Å²) in [5.41, 5.74) is 13.2. The Hall–Kier alpha value is -3.29. The first-order valence-electron chi connectivity index (χ1n) is 10.1. The van der Waals surface area contributed by atoms with Crippen molar-refractivity contribution >= 4 is 36.6 Å². The zero-order chi connectivity index (χ0) is 25.5. The number of hydrogen-bond donors (Lipinski definition) is 0. The molecule has 184 valence electrons. The number of para-hydroxylation sites is 1. The molecule has 0 atom stereocenters. The normalized spacial score (nSPS) is 13.4. The second-order valence-corrected chi connectivity index (χ2v) is 9.48. The summed E-state index contributed by atoms with van der Waals surface area (Å²) >= 11 is 0. The van der Waals surface area contributed by atoms with Crippen LogP contribution in [0.2, 0.25) is 0 Å². The number of fused-ring (bicyclic) bond motifs is 1. The van der Waals surface area contributed by atoms with Crippen LogP contribution in [0.3, 0.4) is 0 Å². The van der Waals surface area contributed by atoms with Gasteiger partial charge in [0.1, 0.15) is 6.54 Å². The molecule has 1 aromatic heterocycles. The van der Waals surface area contributed by atoms with E-state index in [-0.39, 0.29) is 0 Å². The quantitative estimate of drug-likeness (QED) is 0.0607. The Kier molecular flexibility index (Phi) is 7.86. The summed E-state index contributed by atoms with van der Waals surface area (Å²) in [6.45, 7) is 1.35. The van der Waals surface area contributed by atoms with E-state index in [0.717, 1.165) is 13.0 Å². The monoisotopic (exact) mass is 503 g/mol. The molecule has 0 aliphatic carbocycles. The van der Waals surface area contributed by atoms with Gasteiger partial charge in [0.25, 0.3) is 0 Å². The summed E-state index contributed by atoms with van der Waals surface area (Å²) in [5, 5.41) is 4.83. The number of anilines is 1. The Balaban J connectivity index is 0.000000509. The van der Waals surface area contributed by atoms with Crippen LogP contribution in [0.1, 0.15) is 17.5 Å². The molecule has 0 fully saturated rings. The van der Waals surface area contributed by atoms with Crippen LogP contribution in [0.4, 0.5) is 30.9 Å². The van der Waals surface area contributed by atoms with E-state index in [1.165, 1.54) is 27.7 Å². The average Bonchev–Trinajstić information content (AvgIpc) is 2.74. The van der Waals surface area contributed by atoms with Gasteiger partial charge in [-0.25, -0.2) is 0 Å². The van der Waals surface area contributed by atoms with Crippen molar-refractivity contribution in [2.24, 2.45) is 5.11 Å². The van der Waals surface area contributed by atoms with Gasteiger partial charge in [0.15, 0.2) is 6.20 Å². The van der Waals surface area contributed by atoms with E-state index in [1.807, 2.05) is 14.1 Å². The number of aromatic nitrogens is 1. The van der Waals surface area contributed by atoms with E-state index in [9.17, 15) is 25.2 Å². The summed E-state index contributed by atoms with van der Waals surface area (Å²) in [7, 11) is -6.57. The van der Waals surface area contributed by atoms with Gasteiger partial charge in [-0.15, -0.1) is 0 Å². The van der Waals surface area contributed by atoms with Crippen molar-refractivity contribution < 1.29 is 29.7 Å². The van der Waals surface area contributed by atoms with Crippen LogP contribution in [0.5, 0.6) is 0 Å². The van der Waals surface area contributed by atoms with Gasteiger partial charge in [-0.05, 0) is 34.9 Å². The third kappa shape index (κ3) is 10.6. The Labute approximate surface area is 192 Å². The molecule has 0 N–H and O–H groups in total. The van der Waals surface area contributed by atoms with Gasteiger partial charge >= 0.3 is 33.0 Å². The van der Waals surface area contributed by atoms with Gasteiger partial charge in [-0.2, -0.15) is 4.57 Å². The first kappa shape index (κ1) is 27.0. The van der Waals surface area contributed by atoms with E-state index in [1.54, 1.807) is 0 Å². The molecule has 3 aromatic rings. The molecular weight excluding hydrogens is 479 g/mol. The predicted octanol–water partition coefficient (Wildman–Crippen LogP) is 8.45. The number of nitrogens with zero attached hydrogens (tertiary/aromatic N) is 5. The second kappa shape index (κ2) is 9.91. The number of halogens is 6. The first-order chi connectivity index (χ1) is 15.6. The van der Waals surface area contributed by atoms with Crippen molar-refractivity contribution in [1.82, 2.24) is 0 Å². The molecule has 0 radical (unpaired) electrons. The summed E-state index contributed by atoms with van der Waals surface area (Å²) < 4.78 is 61.4. The molecule has 0 saturated carbocycles. The minimum absolute atomic E-state index is 0.516. The van der Waals surface area contributed by atoms with Crippen LogP contribution in [0.25, 0.3) is 33.5 Å². The zero-order valence-corrected chi connectivity index (χ0v) is 19.4. The fourth-order valence-corrected chi connectivity index (χ4v) is 3.07. The maximum atomic E-state index is 9.87. The van der Waals surface area contributed by atoms with Crippen molar-refractivity contribution in [1.29, 1.82) is 0 Å². The Morgan fingerprint density at radius 2 is 1.56 bits per heavy atom. The zero-order valence-electron chi connectivity index (χ0n) is 18.5. The van der Waals surface area contributed by atoms with Crippen LogP contribution < -0.4 is 9.47 Å². The van der Waals surface area contributed by atoms with E-state index in [2.05, 4.69) is 92.4 Å². The van der Waals surface area contributed by atoms with Gasteiger partial charge in [0.2, 0.25) is 5.52 Å². The molecule has 34 heavy (non-hydrogen) atoms. The topological polar surface area (TPSA) is 55.9 Å². The van der Waals surface area contributed by atoms with Crippen LogP contribution >= 0.6 is 7.81 Å². The van der Waals surface area contributed by atoms with Gasteiger partial charge in [-0.1, -0.05) is 41.5 Å². The van der Waals surface area contributed by atoms with Crippen LogP contribution in [-0.2, 0) is 6.54 Å². The van der Waals surface area contributed by atoms with Gasteiger partial charge in [0.05, 0.1) is 5.39 Å². The molecular formula is C22H24F6N5P. The fraction of sp³-hybridized carbons (Fsp3) is 0.227. The number of aryl methyl sites for hydroxylation is 1.